The number of nitrogens with zero attached hydrogens (tertiary/aromatic N) is 6. The summed E-state index contributed by atoms with van der Waals surface area (Å²) in [5.41, 5.74) is -1.16. The van der Waals surface area contributed by atoms with E-state index in [0.29, 0.717) is 11.6 Å². The largest absolute Gasteiger partial charge is 0.433 e. The van der Waals surface area contributed by atoms with Crippen molar-refractivity contribution in [3.63, 3.8) is 0 Å². The minimum absolute atomic E-state index is 0.0225. The van der Waals surface area contributed by atoms with Crippen LogP contribution in [0.5, 0.6) is 0 Å². The van der Waals surface area contributed by atoms with Gasteiger partial charge in [0.1, 0.15) is 22.8 Å². The zero-order chi connectivity index (χ0) is 25.5. The highest BCUT2D eigenvalue weighted by Gasteiger charge is 2.33. The average molecular weight is 503 g/mol. The molecule has 13 heteroatoms. The lowest BCUT2D eigenvalue weighted by Gasteiger charge is -2.12. The maximum Gasteiger partial charge on any atom is 0.433 e. The van der Waals surface area contributed by atoms with E-state index in [1.54, 1.807) is 12.3 Å². The Hall–Kier alpha value is -4.16. The Bertz CT molecular complexity index is 1420. The molecule has 0 radical (unpaired) electrons. The van der Waals surface area contributed by atoms with Crippen molar-refractivity contribution in [3.05, 3.63) is 71.8 Å². The van der Waals surface area contributed by atoms with Gasteiger partial charge in [0, 0.05) is 18.1 Å². The topological polar surface area (TPSA) is 89.4 Å². The molecule has 0 spiro atoms. The first-order valence-electron chi connectivity index (χ1n) is 10.6. The summed E-state index contributed by atoms with van der Waals surface area (Å²) in [6.45, 7) is 0. The van der Waals surface area contributed by atoms with Crippen LogP contribution >= 0.6 is 0 Å². The van der Waals surface area contributed by atoms with Gasteiger partial charge in [-0.3, -0.25) is 9.97 Å². The molecule has 184 valence electrons. The summed E-state index contributed by atoms with van der Waals surface area (Å²) in [7, 11) is 0. The van der Waals surface area contributed by atoms with Crippen LogP contribution in [0.4, 0.5) is 38.0 Å². The highest BCUT2D eigenvalue weighted by atomic mass is 19.4. The summed E-state index contributed by atoms with van der Waals surface area (Å²) in [5.74, 6) is -0.00723. The van der Waals surface area contributed by atoms with Crippen molar-refractivity contribution >= 4 is 11.6 Å². The van der Waals surface area contributed by atoms with Crippen molar-refractivity contribution in [1.29, 1.82) is 0 Å². The van der Waals surface area contributed by atoms with Crippen molar-refractivity contribution in [3.8, 4) is 23.0 Å². The Morgan fingerprint density at radius 3 is 2.08 bits per heavy atom. The Labute approximate surface area is 199 Å². The van der Waals surface area contributed by atoms with Gasteiger partial charge >= 0.3 is 12.4 Å². The fourth-order valence-corrected chi connectivity index (χ4v) is 3.41. The number of pyridine rings is 3. The molecule has 7 nitrogen and oxygen atoms in total. The van der Waals surface area contributed by atoms with Gasteiger partial charge in [0.25, 0.3) is 0 Å². The minimum Gasteiger partial charge on any atom is -0.324 e. The smallest absolute Gasteiger partial charge is 0.324 e. The molecule has 0 bridgehead atoms. The molecule has 4 aromatic rings. The molecule has 1 aliphatic carbocycles. The van der Waals surface area contributed by atoms with E-state index in [4.69, 9.17) is 0 Å². The molecular weight excluding hydrogens is 488 g/mol. The van der Waals surface area contributed by atoms with E-state index in [1.165, 1.54) is 12.1 Å². The second-order valence-electron chi connectivity index (χ2n) is 8.01. The van der Waals surface area contributed by atoms with E-state index in [2.05, 4.69) is 35.2 Å². The molecule has 0 aromatic carbocycles. The van der Waals surface area contributed by atoms with Gasteiger partial charge in [0.15, 0.2) is 11.6 Å². The molecule has 0 saturated heterocycles. The molecule has 0 atom stereocenters. The van der Waals surface area contributed by atoms with Gasteiger partial charge in [-0.05, 0) is 60.7 Å². The minimum atomic E-state index is -4.70. The van der Waals surface area contributed by atoms with Crippen LogP contribution in [0.3, 0.4) is 0 Å². The van der Waals surface area contributed by atoms with E-state index in [9.17, 15) is 26.3 Å². The Morgan fingerprint density at radius 1 is 0.694 bits per heavy atom. The Kier molecular flexibility index (Phi) is 5.77. The summed E-state index contributed by atoms with van der Waals surface area (Å²) in [5, 5.41) is 2.65. The van der Waals surface area contributed by atoms with Crippen molar-refractivity contribution in [2.75, 3.05) is 5.32 Å². The Morgan fingerprint density at radius 2 is 1.39 bits per heavy atom. The number of hydrogen-bond acceptors (Lipinski definition) is 7. The van der Waals surface area contributed by atoms with Crippen molar-refractivity contribution in [2.45, 2.75) is 31.1 Å². The molecule has 4 aromatic heterocycles. The number of aromatic nitrogens is 6. The normalized spacial score (nSPS) is 14.1. The molecule has 0 aliphatic heterocycles. The van der Waals surface area contributed by atoms with E-state index in [-0.39, 0.29) is 29.0 Å². The highest BCUT2D eigenvalue weighted by Crippen LogP contribution is 2.40. The summed E-state index contributed by atoms with van der Waals surface area (Å²) in [6, 6.07) is 8.92. The number of hydrogen-bond donors (Lipinski definition) is 1. The van der Waals surface area contributed by atoms with Crippen LogP contribution in [0.1, 0.15) is 35.7 Å². The third kappa shape index (κ3) is 5.24. The highest BCUT2D eigenvalue weighted by molar-refractivity contribution is 5.62. The second kappa shape index (κ2) is 8.81. The summed E-state index contributed by atoms with van der Waals surface area (Å²) >= 11 is 0. The maximum absolute atomic E-state index is 13.2. The van der Waals surface area contributed by atoms with E-state index < -0.39 is 23.7 Å². The fourth-order valence-electron chi connectivity index (χ4n) is 3.41. The predicted octanol–water partition coefficient (Wildman–Crippen LogP) is 6.05. The third-order valence-electron chi connectivity index (χ3n) is 5.27. The molecule has 36 heavy (non-hydrogen) atoms. The standard InChI is InChI=1S/C23H15F6N7/c24-22(25,26)17-3-1-2-15(33-17)19-34-20(16-10-13(6-8-30-16)12-4-5-12)36-21(35-19)32-14-7-9-31-18(11-14)23(27,28)29/h1-3,6-12H,4-5H2,(H,31,32,34,35,36). The summed E-state index contributed by atoms with van der Waals surface area (Å²) < 4.78 is 78.9. The quantitative estimate of drug-likeness (QED) is 0.332. The van der Waals surface area contributed by atoms with Crippen molar-refractivity contribution < 1.29 is 26.3 Å². The SMILES string of the molecule is FC(F)(F)c1cc(Nc2nc(-c3cc(C4CC4)ccn3)nc(-c3cccc(C(F)(F)F)n3)n2)ccn1. The maximum atomic E-state index is 13.2. The van der Waals surface area contributed by atoms with Crippen molar-refractivity contribution in [2.24, 2.45) is 0 Å². The number of nitrogens with one attached hydrogen (secondary N) is 1. The van der Waals surface area contributed by atoms with Crippen LogP contribution in [0, 0.1) is 0 Å². The van der Waals surface area contributed by atoms with Crippen molar-refractivity contribution in [1.82, 2.24) is 29.9 Å². The first-order valence-corrected chi connectivity index (χ1v) is 10.6. The molecule has 4 heterocycles. The molecule has 1 aliphatic rings. The first-order chi connectivity index (χ1) is 17.1. The van der Waals surface area contributed by atoms with Crippen LogP contribution in [-0.4, -0.2) is 29.9 Å². The zero-order valence-corrected chi connectivity index (χ0v) is 18.1. The van der Waals surface area contributed by atoms with Crippen LogP contribution < -0.4 is 5.32 Å². The van der Waals surface area contributed by atoms with E-state index in [0.717, 1.165) is 42.8 Å². The molecule has 0 unspecified atom stereocenters. The van der Waals surface area contributed by atoms with Gasteiger partial charge < -0.3 is 5.32 Å². The number of anilines is 2. The Balaban J connectivity index is 1.59. The first kappa shape index (κ1) is 23.6. The molecule has 0 amide bonds. The number of rotatable bonds is 5. The average Bonchev–Trinajstić information content (AvgIpc) is 3.69. The van der Waals surface area contributed by atoms with Gasteiger partial charge in [0.2, 0.25) is 5.95 Å². The lowest BCUT2D eigenvalue weighted by atomic mass is 10.1. The number of halogens is 6. The molecule has 1 N–H and O–H groups in total. The number of alkyl halides is 6. The van der Waals surface area contributed by atoms with Crippen LogP contribution in [0.15, 0.2) is 54.9 Å². The van der Waals surface area contributed by atoms with Gasteiger partial charge in [-0.25, -0.2) is 9.97 Å². The zero-order valence-electron chi connectivity index (χ0n) is 18.1. The molecule has 1 fully saturated rings. The molecule has 5 rings (SSSR count). The van der Waals surface area contributed by atoms with Crippen LogP contribution in [0.2, 0.25) is 0 Å². The van der Waals surface area contributed by atoms with Gasteiger partial charge in [-0.1, -0.05) is 6.07 Å². The summed E-state index contributed by atoms with van der Waals surface area (Å²) in [4.78, 5) is 23.8. The fraction of sp³-hybridized carbons (Fsp3) is 0.217. The molecular formula is C23H15F6N7. The lowest BCUT2D eigenvalue weighted by molar-refractivity contribution is -0.141. The predicted molar refractivity (Wildman–Crippen MR) is 116 cm³/mol. The molecule has 1 saturated carbocycles. The third-order valence-corrected chi connectivity index (χ3v) is 5.27. The van der Waals surface area contributed by atoms with Gasteiger partial charge in [0.05, 0.1) is 0 Å². The van der Waals surface area contributed by atoms with Gasteiger partial charge in [-0.15, -0.1) is 0 Å². The van der Waals surface area contributed by atoms with E-state index >= 15 is 0 Å². The lowest BCUT2D eigenvalue weighted by Crippen LogP contribution is -2.10. The summed E-state index contributed by atoms with van der Waals surface area (Å²) in [6.07, 6.45) is -4.79. The second-order valence-corrected chi connectivity index (χ2v) is 8.01. The van der Waals surface area contributed by atoms with Crippen LogP contribution in [0.25, 0.3) is 23.0 Å². The van der Waals surface area contributed by atoms with E-state index in [1.807, 2.05) is 6.07 Å². The van der Waals surface area contributed by atoms with Gasteiger partial charge in [-0.2, -0.15) is 36.3 Å². The van der Waals surface area contributed by atoms with Crippen LogP contribution in [-0.2, 0) is 12.4 Å². The monoisotopic (exact) mass is 503 g/mol.